The molecule has 0 bridgehead atoms. The summed E-state index contributed by atoms with van der Waals surface area (Å²) < 4.78 is 0. The molecule has 1 unspecified atom stereocenters. The van der Waals surface area contributed by atoms with Crippen LogP contribution in [0, 0.1) is 0 Å². The van der Waals surface area contributed by atoms with Crippen LogP contribution in [0.2, 0.25) is 5.02 Å². The second-order valence-electron chi connectivity index (χ2n) is 8.20. The van der Waals surface area contributed by atoms with Gasteiger partial charge in [0, 0.05) is 29.2 Å². The first kappa shape index (κ1) is 21.1. The largest absolute Gasteiger partial charge is 0.309 e. The number of anilines is 1. The van der Waals surface area contributed by atoms with Crippen LogP contribution in [-0.2, 0) is 4.79 Å². The van der Waals surface area contributed by atoms with Gasteiger partial charge in [0.25, 0.3) is 5.91 Å². The highest BCUT2D eigenvalue weighted by Gasteiger charge is 2.32. The Labute approximate surface area is 184 Å². The van der Waals surface area contributed by atoms with E-state index in [0.29, 0.717) is 11.6 Å². The Morgan fingerprint density at radius 3 is 2.53 bits per heavy atom. The first-order valence-corrected chi connectivity index (χ1v) is 11.5. The molecule has 0 spiro atoms. The Kier molecular flexibility index (Phi) is 6.86. The number of amides is 1. The van der Waals surface area contributed by atoms with E-state index in [-0.39, 0.29) is 11.9 Å². The Morgan fingerprint density at radius 1 is 1.03 bits per heavy atom. The number of rotatable bonds is 6. The fraction of sp³-hybridized carbons (Fsp3) is 0.440. The molecule has 0 N–H and O–H groups in total. The number of carbonyl (C=O) groups is 1. The number of hydrogen-bond donors (Lipinski definition) is 0. The number of nitrogens with zero attached hydrogens (tertiary/aromatic N) is 3. The molecule has 4 rings (SSSR count). The molecule has 2 aromatic rings. The SMILES string of the molecule is CCCC1N=C(c2ccccc2)c2cc(Cl)ccc2N(CCN2CCCCC2)C1=O. The molecule has 0 aromatic heterocycles. The number of benzodiazepines with no additional fused rings is 1. The summed E-state index contributed by atoms with van der Waals surface area (Å²) in [5, 5.41) is 0.662. The Bertz CT molecular complexity index is 906. The zero-order valence-corrected chi connectivity index (χ0v) is 18.4. The summed E-state index contributed by atoms with van der Waals surface area (Å²) in [6.45, 7) is 5.94. The number of aliphatic imine (C=N–C) groups is 1. The third-order valence-corrected chi connectivity index (χ3v) is 6.27. The summed E-state index contributed by atoms with van der Waals surface area (Å²) >= 11 is 6.40. The van der Waals surface area contributed by atoms with Crippen molar-refractivity contribution >= 4 is 28.9 Å². The summed E-state index contributed by atoms with van der Waals surface area (Å²) in [6.07, 6.45) is 5.48. The van der Waals surface area contributed by atoms with E-state index in [9.17, 15) is 4.79 Å². The molecule has 30 heavy (non-hydrogen) atoms. The minimum atomic E-state index is -0.363. The molecule has 5 heteroatoms. The van der Waals surface area contributed by atoms with E-state index < -0.39 is 0 Å². The van der Waals surface area contributed by atoms with Crippen molar-refractivity contribution in [2.75, 3.05) is 31.1 Å². The minimum absolute atomic E-state index is 0.100. The van der Waals surface area contributed by atoms with Crippen molar-refractivity contribution in [2.24, 2.45) is 4.99 Å². The van der Waals surface area contributed by atoms with Crippen LogP contribution < -0.4 is 4.90 Å². The normalized spacial score (nSPS) is 19.9. The Balaban J connectivity index is 1.74. The molecule has 0 radical (unpaired) electrons. The van der Waals surface area contributed by atoms with Gasteiger partial charge in [0.05, 0.1) is 11.4 Å². The molecule has 158 valence electrons. The average Bonchev–Trinajstić information content (AvgIpc) is 2.89. The van der Waals surface area contributed by atoms with Gasteiger partial charge in [0.15, 0.2) is 0 Å². The van der Waals surface area contributed by atoms with Gasteiger partial charge in [-0.1, -0.05) is 61.7 Å². The van der Waals surface area contributed by atoms with Crippen LogP contribution in [-0.4, -0.2) is 48.7 Å². The van der Waals surface area contributed by atoms with E-state index in [4.69, 9.17) is 16.6 Å². The third-order valence-electron chi connectivity index (χ3n) is 6.04. The van der Waals surface area contributed by atoms with E-state index in [1.54, 1.807) is 0 Å². The Morgan fingerprint density at radius 2 is 1.80 bits per heavy atom. The van der Waals surface area contributed by atoms with Crippen LogP contribution in [0.15, 0.2) is 53.5 Å². The van der Waals surface area contributed by atoms with Gasteiger partial charge >= 0.3 is 0 Å². The lowest BCUT2D eigenvalue weighted by molar-refractivity contribution is -0.119. The van der Waals surface area contributed by atoms with Crippen molar-refractivity contribution in [2.45, 2.75) is 45.1 Å². The maximum atomic E-state index is 13.6. The highest BCUT2D eigenvalue weighted by atomic mass is 35.5. The van der Waals surface area contributed by atoms with Gasteiger partial charge < -0.3 is 9.80 Å². The van der Waals surface area contributed by atoms with E-state index in [2.05, 4.69) is 24.0 Å². The number of benzene rings is 2. The fourth-order valence-electron chi connectivity index (χ4n) is 4.46. The lowest BCUT2D eigenvalue weighted by Crippen LogP contribution is -2.43. The van der Waals surface area contributed by atoms with Crippen LogP contribution in [0.1, 0.15) is 50.2 Å². The van der Waals surface area contributed by atoms with E-state index >= 15 is 0 Å². The molecule has 2 aliphatic heterocycles. The molecule has 1 amide bonds. The van der Waals surface area contributed by atoms with Crippen LogP contribution in [0.25, 0.3) is 0 Å². The number of hydrogen-bond acceptors (Lipinski definition) is 3. The molecule has 1 saturated heterocycles. The van der Waals surface area contributed by atoms with Crippen molar-refractivity contribution in [1.29, 1.82) is 0 Å². The Hall–Kier alpha value is -2.17. The van der Waals surface area contributed by atoms with Gasteiger partial charge in [-0.15, -0.1) is 0 Å². The van der Waals surface area contributed by atoms with Gasteiger partial charge in [-0.25, -0.2) is 0 Å². The van der Waals surface area contributed by atoms with Crippen molar-refractivity contribution in [1.82, 2.24) is 4.90 Å². The van der Waals surface area contributed by atoms with Crippen LogP contribution >= 0.6 is 11.6 Å². The summed E-state index contributed by atoms with van der Waals surface area (Å²) in [5.74, 6) is 0.100. The topological polar surface area (TPSA) is 35.9 Å². The number of carbonyl (C=O) groups excluding carboxylic acids is 1. The molecular weight excluding hydrogens is 394 g/mol. The second kappa shape index (κ2) is 9.76. The van der Waals surface area contributed by atoms with Gasteiger partial charge in [-0.2, -0.15) is 0 Å². The molecular formula is C25H30ClN3O. The van der Waals surface area contributed by atoms with Crippen molar-refractivity contribution < 1.29 is 4.79 Å². The molecule has 1 fully saturated rings. The smallest absolute Gasteiger partial charge is 0.251 e. The lowest BCUT2D eigenvalue weighted by atomic mass is 10.00. The van der Waals surface area contributed by atoms with Crippen molar-refractivity contribution in [3.8, 4) is 0 Å². The summed E-state index contributed by atoms with van der Waals surface area (Å²) in [4.78, 5) is 23.0. The predicted octanol–water partition coefficient (Wildman–Crippen LogP) is 5.18. The van der Waals surface area contributed by atoms with Crippen molar-refractivity contribution in [3.05, 3.63) is 64.7 Å². The van der Waals surface area contributed by atoms with Crippen molar-refractivity contribution in [3.63, 3.8) is 0 Å². The van der Waals surface area contributed by atoms with Crippen LogP contribution in [0.5, 0.6) is 0 Å². The first-order chi connectivity index (χ1) is 14.7. The van der Waals surface area contributed by atoms with Gasteiger partial charge in [-0.3, -0.25) is 9.79 Å². The minimum Gasteiger partial charge on any atom is -0.309 e. The number of piperidine rings is 1. The average molecular weight is 424 g/mol. The van der Waals surface area contributed by atoms with Gasteiger partial charge in [0.1, 0.15) is 6.04 Å². The summed E-state index contributed by atoms with van der Waals surface area (Å²) in [7, 11) is 0. The highest BCUT2D eigenvalue weighted by molar-refractivity contribution is 6.32. The molecule has 2 aliphatic rings. The van der Waals surface area contributed by atoms with Gasteiger partial charge in [-0.05, 0) is 50.6 Å². The number of fused-ring (bicyclic) bond motifs is 1. The molecule has 2 aromatic carbocycles. The zero-order chi connectivity index (χ0) is 20.9. The fourth-order valence-corrected chi connectivity index (χ4v) is 4.63. The number of likely N-dealkylation sites (tertiary alicyclic amines) is 1. The monoisotopic (exact) mass is 423 g/mol. The molecule has 4 nitrogen and oxygen atoms in total. The molecule has 1 atom stereocenters. The zero-order valence-electron chi connectivity index (χ0n) is 17.7. The van der Waals surface area contributed by atoms with E-state index in [0.717, 1.165) is 55.0 Å². The van der Waals surface area contributed by atoms with E-state index in [1.165, 1.54) is 19.3 Å². The second-order valence-corrected chi connectivity index (χ2v) is 8.64. The van der Waals surface area contributed by atoms with Crippen LogP contribution in [0.3, 0.4) is 0 Å². The third kappa shape index (κ3) is 4.60. The highest BCUT2D eigenvalue weighted by Crippen LogP contribution is 2.32. The standard InChI is InChI=1S/C25H30ClN3O/c1-2-9-22-25(30)29(17-16-28-14-7-4-8-15-28)23-13-12-20(26)18-21(23)24(27-22)19-10-5-3-6-11-19/h3,5-6,10-13,18,22H,2,4,7-9,14-17H2,1H3. The number of halogens is 1. The van der Waals surface area contributed by atoms with E-state index in [1.807, 2.05) is 41.3 Å². The predicted molar refractivity (Wildman–Crippen MR) is 125 cm³/mol. The molecule has 0 saturated carbocycles. The summed E-state index contributed by atoms with van der Waals surface area (Å²) in [5.41, 5.74) is 3.75. The quantitative estimate of drug-likeness (QED) is 0.641. The summed E-state index contributed by atoms with van der Waals surface area (Å²) in [6, 6.07) is 15.6. The molecule has 2 heterocycles. The lowest BCUT2D eigenvalue weighted by Gasteiger charge is -2.31. The first-order valence-electron chi connectivity index (χ1n) is 11.1. The van der Waals surface area contributed by atoms with Crippen LogP contribution in [0.4, 0.5) is 5.69 Å². The van der Waals surface area contributed by atoms with Gasteiger partial charge in [0.2, 0.25) is 0 Å². The maximum absolute atomic E-state index is 13.6. The maximum Gasteiger partial charge on any atom is 0.251 e. The molecule has 0 aliphatic carbocycles.